The van der Waals surface area contributed by atoms with Gasteiger partial charge in [-0.2, -0.15) is 11.8 Å². The molecule has 0 amide bonds. The minimum absolute atomic E-state index is 0.164. The predicted molar refractivity (Wildman–Crippen MR) is 281 cm³/mol. The minimum atomic E-state index is -3.41. The Morgan fingerprint density at radius 1 is 1.00 bits per heavy atom. The molecule has 20 atom stereocenters. The quantitative estimate of drug-likeness (QED) is 0.142. The lowest BCUT2D eigenvalue weighted by Crippen LogP contribution is -2.62. The largest absolute Gasteiger partial charge is 0.459 e. The van der Waals surface area contributed by atoms with E-state index in [4.69, 9.17) is 23.7 Å². The van der Waals surface area contributed by atoms with Crippen molar-refractivity contribution in [2.24, 2.45) is 23.7 Å². The number of ether oxygens (including phenoxy) is 5. The van der Waals surface area contributed by atoms with E-state index in [2.05, 4.69) is 10.3 Å². The Bertz CT molecular complexity index is 2210. The maximum Gasteiger partial charge on any atom is 0.309 e. The Morgan fingerprint density at radius 3 is 2.23 bits per heavy atom. The number of aliphatic hydroxyl groups is 5. The van der Waals surface area contributed by atoms with Crippen molar-refractivity contribution >= 4 is 27.6 Å². The SMILES string of the molecule is CCS[C@H](c1ccc(S(C)(=O)=O)cc1)[C@@H](CF)n1cc(CCN(C)[C@H]2C[C@@H](C)O[C@@H](O[C@@H]3[C@@H](C)[C@H](C4C[C@@](C)(OC)[C@@H](O)[C@H](C)O4)[C@@H](C)C(=O)O[C@H](CC)[C@@](C)(O)[C@H](O)[C@@H](C)N(C)C[C@H](C)C[C@@]3(C)O)[C@@H]2O)nn1. The Balaban J connectivity index is 1.46. The fourth-order valence-corrected chi connectivity index (χ4v) is 13.8. The molecule has 3 saturated heterocycles. The lowest BCUT2D eigenvalue weighted by Gasteiger charge is -2.51. The van der Waals surface area contributed by atoms with Crippen molar-refractivity contribution in [1.82, 2.24) is 24.8 Å². The van der Waals surface area contributed by atoms with Gasteiger partial charge >= 0.3 is 5.97 Å². The van der Waals surface area contributed by atoms with Crippen LogP contribution in [0, 0.1) is 23.7 Å². The zero-order chi connectivity index (χ0) is 55.4. The number of hydrogen-bond acceptors (Lipinski definition) is 18. The average Bonchev–Trinajstić information content (AvgIpc) is 3.81. The maximum absolute atomic E-state index is 15.0. The molecular weight excluding hydrogens is 998 g/mol. The van der Waals surface area contributed by atoms with Gasteiger partial charge in [-0.1, -0.05) is 52.0 Å². The van der Waals surface area contributed by atoms with E-state index in [1.165, 1.54) is 42.6 Å². The summed E-state index contributed by atoms with van der Waals surface area (Å²) in [6, 6.07) is 4.72. The van der Waals surface area contributed by atoms with E-state index in [-0.39, 0.29) is 35.3 Å². The molecule has 1 aromatic carbocycles. The van der Waals surface area contributed by atoms with E-state index in [0.717, 1.165) is 11.8 Å². The van der Waals surface area contributed by atoms with Crippen LogP contribution in [0.15, 0.2) is 35.4 Å². The van der Waals surface area contributed by atoms with Crippen LogP contribution < -0.4 is 0 Å². The first-order valence-electron chi connectivity index (χ1n) is 26.5. The Labute approximate surface area is 444 Å². The highest BCUT2D eigenvalue weighted by Gasteiger charge is 2.55. The number of halogens is 1. The number of thioether (sulfide) groups is 1. The zero-order valence-corrected chi connectivity index (χ0v) is 48.1. The summed E-state index contributed by atoms with van der Waals surface area (Å²) >= 11 is 1.53. The molecule has 424 valence electrons. The van der Waals surface area contributed by atoms with E-state index in [0.29, 0.717) is 37.4 Å². The summed E-state index contributed by atoms with van der Waals surface area (Å²) in [5.74, 6) is -2.62. The molecule has 0 saturated carbocycles. The van der Waals surface area contributed by atoms with Crippen molar-refractivity contribution in [2.45, 2.75) is 208 Å². The number of alkyl halides is 1. The van der Waals surface area contributed by atoms with Crippen molar-refractivity contribution in [3.63, 3.8) is 0 Å². The van der Waals surface area contributed by atoms with Crippen LogP contribution in [0.25, 0.3) is 0 Å². The number of carbonyl (C=O) groups excluding carboxylic acids is 1. The van der Waals surface area contributed by atoms with Gasteiger partial charge in [0, 0.05) is 63.5 Å². The zero-order valence-electron chi connectivity index (χ0n) is 46.5. The molecule has 74 heavy (non-hydrogen) atoms. The Kier molecular flexibility index (Phi) is 21.6. The molecule has 3 aliphatic heterocycles. The molecule has 5 rings (SSSR count). The first kappa shape index (κ1) is 62.5. The molecule has 4 heterocycles. The van der Waals surface area contributed by atoms with Crippen molar-refractivity contribution in [1.29, 1.82) is 0 Å². The molecule has 0 bridgehead atoms. The van der Waals surface area contributed by atoms with Crippen molar-refractivity contribution in [2.75, 3.05) is 53.0 Å². The highest BCUT2D eigenvalue weighted by atomic mass is 32.2. The van der Waals surface area contributed by atoms with Crippen molar-refractivity contribution in [3.8, 4) is 0 Å². The van der Waals surface area contributed by atoms with Gasteiger partial charge in [0.1, 0.15) is 36.7 Å². The second kappa shape index (κ2) is 25.6. The number of cyclic esters (lactones) is 1. The number of rotatable bonds is 16. The lowest BCUT2D eigenvalue weighted by atomic mass is 9.68. The molecular formula is C53H90FN5O13S2. The third-order valence-electron chi connectivity index (χ3n) is 16.6. The first-order chi connectivity index (χ1) is 34.5. The molecule has 3 fully saturated rings. The summed E-state index contributed by atoms with van der Waals surface area (Å²) in [5, 5.41) is 68.6. The predicted octanol–water partition coefficient (Wildman–Crippen LogP) is 4.79. The summed E-state index contributed by atoms with van der Waals surface area (Å²) in [7, 11) is 1.83. The highest BCUT2D eigenvalue weighted by Crippen LogP contribution is 2.45. The van der Waals surface area contributed by atoms with Gasteiger partial charge in [0.15, 0.2) is 16.1 Å². The number of aliphatic hydroxyl groups excluding tert-OH is 3. The number of likely N-dealkylation sites (N-methyl/N-ethyl adjacent to an activating group) is 2. The third kappa shape index (κ3) is 14.3. The normalized spacial score (nSPS) is 39.5. The van der Waals surface area contributed by atoms with E-state index in [1.54, 1.807) is 59.9 Å². The molecule has 0 aliphatic carbocycles. The molecule has 3 aliphatic rings. The molecule has 18 nitrogen and oxygen atoms in total. The molecule has 0 spiro atoms. The van der Waals surface area contributed by atoms with Crippen molar-refractivity contribution < 1.29 is 66.8 Å². The van der Waals surface area contributed by atoms with Crippen molar-refractivity contribution in [3.05, 3.63) is 41.7 Å². The van der Waals surface area contributed by atoms with Crippen LogP contribution in [-0.2, 0) is 44.7 Å². The average molecular weight is 1090 g/mol. The summed E-state index contributed by atoms with van der Waals surface area (Å²) in [4.78, 5) is 18.7. The number of hydrogen-bond donors (Lipinski definition) is 5. The van der Waals surface area contributed by atoms with Gasteiger partial charge < -0.3 is 59.0 Å². The molecule has 1 aromatic heterocycles. The summed E-state index contributed by atoms with van der Waals surface area (Å²) < 4.78 is 72.9. The second-order valence-electron chi connectivity index (χ2n) is 22.6. The van der Waals surface area contributed by atoms with Gasteiger partial charge in [-0.05, 0) is 110 Å². The molecule has 5 N–H and O–H groups in total. The van der Waals surface area contributed by atoms with E-state index >= 15 is 0 Å². The van der Waals surface area contributed by atoms with E-state index in [9.17, 15) is 43.1 Å². The molecule has 21 heteroatoms. The van der Waals surface area contributed by atoms with Crippen LogP contribution in [0.3, 0.4) is 0 Å². The van der Waals surface area contributed by atoms with Crippen LogP contribution in [0.5, 0.6) is 0 Å². The molecule has 0 radical (unpaired) electrons. The van der Waals surface area contributed by atoms with Crippen LogP contribution in [0.2, 0.25) is 0 Å². The van der Waals surface area contributed by atoms with Gasteiger partial charge in [-0.3, -0.25) is 4.79 Å². The fourth-order valence-electron chi connectivity index (χ4n) is 12.1. The number of sulfone groups is 1. The van der Waals surface area contributed by atoms with Gasteiger partial charge in [0.25, 0.3) is 0 Å². The van der Waals surface area contributed by atoms with E-state index < -0.39 is 130 Å². The molecule has 1 unspecified atom stereocenters. The lowest BCUT2D eigenvalue weighted by molar-refractivity contribution is -0.302. The van der Waals surface area contributed by atoms with Crippen LogP contribution >= 0.6 is 11.8 Å². The maximum atomic E-state index is 15.0. The number of nitrogens with zero attached hydrogens (tertiary/aromatic N) is 5. The van der Waals surface area contributed by atoms with Crippen LogP contribution in [-0.4, -0.2) is 202 Å². The van der Waals surface area contributed by atoms with E-state index in [1.807, 2.05) is 51.6 Å². The Hall–Kier alpha value is -2.38. The standard InChI is InChI=1S/C53H90FN5O13S2/c1-16-42-53(11,65)46(61)34(7)58(13)28-30(3)25-51(9,64)48(32(5)43(33(6)49(63)71-42)41-26-52(10,68-14)47(62)35(8)70-41)72-50-44(60)39(24-31(4)69-50)57(12)23-22-37-29-59(56-55-37)40(27-54)45(73-17-2)36-18-20-38(21-19-36)74(15,66)67/h18-21,29-35,39-48,50,60-62,64-65H,16-17,22-28H2,1-15H3/t30-,31-,32+,33-,34-,35+,39+,40-,41?,42-,43+,44-,45-,46-,47+,48-,50+,51-,52-,53-/m1/s1. The van der Waals surface area contributed by atoms with Gasteiger partial charge in [0.2, 0.25) is 0 Å². The number of esters is 1. The van der Waals surface area contributed by atoms with Gasteiger partial charge in [-0.15, -0.1) is 5.10 Å². The minimum Gasteiger partial charge on any atom is -0.459 e. The van der Waals surface area contributed by atoms with Gasteiger partial charge in [0.05, 0.1) is 63.4 Å². The highest BCUT2D eigenvalue weighted by molar-refractivity contribution is 7.99. The summed E-state index contributed by atoms with van der Waals surface area (Å²) in [6.45, 7) is 19.8. The number of aromatic nitrogens is 3. The second-order valence-corrected chi connectivity index (χ2v) is 26.1. The summed E-state index contributed by atoms with van der Waals surface area (Å²) in [5.41, 5.74) is -3.17. The number of carbonyl (C=O) groups is 1. The number of benzene rings is 1. The fraction of sp³-hybridized carbons (Fsp3) is 0.830. The van der Waals surface area contributed by atoms with Crippen LogP contribution in [0.1, 0.15) is 124 Å². The summed E-state index contributed by atoms with van der Waals surface area (Å²) in [6.07, 6.45) is -4.58. The topological polar surface area (TPSA) is 236 Å². The van der Waals surface area contributed by atoms with Crippen LogP contribution in [0.4, 0.5) is 4.39 Å². The smallest absolute Gasteiger partial charge is 0.309 e. The third-order valence-corrected chi connectivity index (χ3v) is 19.0. The number of methoxy groups -OCH3 is 1. The monoisotopic (exact) mass is 1090 g/mol. The Morgan fingerprint density at radius 2 is 1.65 bits per heavy atom. The first-order valence-corrected chi connectivity index (χ1v) is 29.4. The molecule has 2 aromatic rings. The van der Waals surface area contributed by atoms with Gasteiger partial charge in [-0.25, -0.2) is 17.5 Å².